The van der Waals surface area contributed by atoms with Gasteiger partial charge in [-0.05, 0) is 24.5 Å². The molecule has 1 amide bonds. The Labute approximate surface area is 107 Å². The molecule has 1 fully saturated rings. The number of anilines is 1. The molecule has 0 aliphatic carbocycles. The third-order valence-corrected chi connectivity index (χ3v) is 3.15. The summed E-state index contributed by atoms with van der Waals surface area (Å²) in [6.45, 7) is 5.02. The van der Waals surface area contributed by atoms with Crippen molar-refractivity contribution in [3.8, 4) is 0 Å². The van der Waals surface area contributed by atoms with Gasteiger partial charge in [-0.3, -0.25) is 4.79 Å². The van der Waals surface area contributed by atoms with Crippen LogP contribution in [-0.2, 0) is 0 Å². The molecule has 98 valence electrons. The third-order valence-electron chi connectivity index (χ3n) is 3.15. The van der Waals surface area contributed by atoms with E-state index in [1.54, 1.807) is 17.0 Å². The number of rotatable bonds is 2. The van der Waals surface area contributed by atoms with E-state index in [1.807, 2.05) is 13.8 Å². The van der Waals surface area contributed by atoms with E-state index >= 15 is 0 Å². The molecule has 1 atom stereocenters. The van der Waals surface area contributed by atoms with Crippen molar-refractivity contribution in [1.82, 2.24) is 9.88 Å². The van der Waals surface area contributed by atoms with E-state index in [1.165, 1.54) is 0 Å². The Hall–Kier alpha value is -1.62. The predicted molar refractivity (Wildman–Crippen MR) is 69.3 cm³/mol. The first-order valence-corrected chi connectivity index (χ1v) is 6.22. The molecule has 0 saturated carbocycles. The first-order chi connectivity index (χ1) is 8.47. The lowest BCUT2D eigenvalue weighted by Crippen LogP contribution is -2.29. The Balaban J connectivity index is 2.24. The Kier molecular flexibility index (Phi) is 3.52. The van der Waals surface area contributed by atoms with Crippen LogP contribution in [0, 0.1) is 0 Å². The Morgan fingerprint density at radius 3 is 2.83 bits per heavy atom. The quantitative estimate of drug-likeness (QED) is 0.819. The van der Waals surface area contributed by atoms with E-state index in [0.29, 0.717) is 30.9 Å². The van der Waals surface area contributed by atoms with Gasteiger partial charge in [-0.1, -0.05) is 13.8 Å². The number of nitrogen functional groups attached to an aromatic ring is 1. The lowest BCUT2D eigenvalue weighted by molar-refractivity contribution is 0.0765. The first-order valence-electron chi connectivity index (χ1n) is 6.22. The Bertz CT molecular complexity index is 460. The highest BCUT2D eigenvalue weighted by Crippen LogP contribution is 2.19. The minimum Gasteiger partial charge on any atom is -0.391 e. The van der Waals surface area contributed by atoms with Gasteiger partial charge >= 0.3 is 0 Å². The number of β-amino-alcohol motifs (C(OH)–C–C–N with tert-alkyl or cyclic N) is 1. The van der Waals surface area contributed by atoms with Crippen molar-refractivity contribution < 1.29 is 9.90 Å². The van der Waals surface area contributed by atoms with Crippen LogP contribution in [0.3, 0.4) is 0 Å². The Morgan fingerprint density at radius 2 is 2.28 bits per heavy atom. The van der Waals surface area contributed by atoms with Gasteiger partial charge in [0, 0.05) is 24.3 Å². The van der Waals surface area contributed by atoms with Crippen LogP contribution >= 0.6 is 0 Å². The third kappa shape index (κ3) is 2.61. The fourth-order valence-electron chi connectivity index (χ4n) is 2.10. The van der Waals surface area contributed by atoms with Crippen molar-refractivity contribution in [2.75, 3.05) is 18.8 Å². The van der Waals surface area contributed by atoms with E-state index in [-0.39, 0.29) is 11.8 Å². The molecule has 2 rings (SSSR count). The highest BCUT2D eigenvalue weighted by molar-refractivity contribution is 5.95. The van der Waals surface area contributed by atoms with Gasteiger partial charge in [0.2, 0.25) is 0 Å². The van der Waals surface area contributed by atoms with Gasteiger partial charge in [0.15, 0.2) is 0 Å². The number of carbonyl (C=O) groups is 1. The highest BCUT2D eigenvalue weighted by atomic mass is 16.3. The van der Waals surface area contributed by atoms with Gasteiger partial charge in [0.25, 0.3) is 5.91 Å². The number of hydrogen-bond acceptors (Lipinski definition) is 4. The normalized spacial score (nSPS) is 19.6. The molecule has 0 radical (unpaired) electrons. The average Bonchev–Trinajstić information content (AvgIpc) is 2.74. The zero-order valence-corrected chi connectivity index (χ0v) is 10.8. The van der Waals surface area contributed by atoms with Crippen molar-refractivity contribution in [2.45, 2.75) is 32.3 Å². The molecule has 1 aliphatic rings. The number of likely N-dealkylation sites (tertiary alicyclic amines) is 1. The summed E-state index contributed by atoms with van der Waals surface area (Å²) in [6, 6.07) is 3.38. The molecule has 0 aromatic carbocycles. The van der Waals surface area contributed by atoms with Crippen LogP contribution in [0.5, 0.6) is 0 Å². The molecule has 1 saturated heterocycles. The van der Waals surface area contributed by atoms with Crippen LogP contribution < -0.4 is 5.73 Å². The molecule has 2 heterocycles. The van der Waals surface area contributed by atoms with E-state index in [9.17, 15) is 9.90 Å². The second kappa shape index (κ2) is 4.94. The molecule has 18 heavy (non-hydrogen) atoms. The molecule has 5 heteroatoms. The van der Waals surface area contributed by atoms with Crippen molar-refractivity contribution in [2.24, 2.45) is 0 Å². The number of nitrogens with zero attached hydrogens (tertiary/aromatic N) is 2. The lowest BCUT2D eigenvalue weighted by atomic mass is 10.1. The van der Waals surface area contributed by atoms with Gasteiger partial charge in [-0.25, -0.2) is 4.98 Å². The van der Waals surface area contributed by atoms with Crippen LogP contribution in [0.2, 0.25) is 0 Å². The number of nitrogens with two attached hydrogens (primary N) is 1. The number of hydrogen-bond donors (Lipinski definition) is 2. The Morgan fingerprint density at radius 1 is 1.56 bits per heavy atom. The molecule has 1 unspecified atom stereocenters. The fourth-order valence-corrected chi connectivity index (χ4v) is 2.10. The molecule has 1 aromatic heterocycles. The summed E-state index contributed by atoms with van der Waals surface area (Å²) >= 11 is 0. The number of aromatic nitrogens is 1. The number of aliphatic hydroxyl groups excluding tert-OH is 1. The highest BCUT2D eigenvalue weighted by Gasteiger charge is 2.26. The number of carbonyl (C=O) groups excluding carboxylic acids is 1. The maximum absolute atomic E-state index is 12.3. The van der Waals surface area contributed by atoms with Crippen LogP contribution in [-0.4, -0.2) is 40.1 Å². The maximum Gasteiger partial charge on any atom is 0.254 e. The van der Waals surface area contributed by atoms with Crippen LogP contribution in [0.1, 0.15) is 42.2 Å². The largest absolute Gasteiger partial charge is 0.391 e. The minimum atomic E-state index is -0.405. The van der Waals surface area contributed by atoms with Crippen molar-refractivity contribution in [3.05, 3.63) is 23.4 Å². The first kappa shape index (κ1) is 12.8. The van der Waals surface area contributed by atoms with Gasteiger partial charge in [0.05, 0.1) is 6.10 Å². The van der Waals surface area contributed by atoms with Gasteiger partial charge < -0.3 is 15.7 Å². The van der Waals surface area contributed by atoms with Crippen LogP contribution in [0.4, 0.5) is 5.82 Å². The van der Waals surface area contributed by atoms with Crippen LogP contribution in [0.15, 0.2) is 12.1 Å². The summed E-state index contributed by atoms with van der Waals surface area (Å²) in [5.74, 6) is 0.510. The van der Waals surface area contributed by atoms with E-state index in [4.69, 9.17) is 5.73 Å². The number of amides is 1. The molecule has 1 aromatic rings. The molecule has 1 aliphatic heterocycles. The topological polar surface area (TPSA) is 79.5 Å². The molecular formula is C13H19N3O2. The minimum absolute atomic E-state index is 0.0810. The van der Waals surface area contributed by atoms with Crippen LogP contribution in [0.25, 0.3) is 0 Å². The summed E-state index contributed by atoms with van der Waals surface area (Å²) < 4.78 is 0. The van der Waals surface area contributed by atoms with E-state index < -0.39 is 6.10 Å². The van der Waals surface area contributed by atoms with E-state index in [0.717, 1.165) is 5.69 Å². The average molecular weight is 249 g/mol. The van der Waals surface area contributed by atoms with Crippen molar-refractivity contribution in [1.29, 1.82) is 0 Å². The van der Waals surface area contributed by atoms with Gasteiger partial charge in [-0.15, -0.1) is 0 Å². The maximum atomic E-state index is 12.3. The fraction of sp³-hybridized carbons (Fsp3) is 0.538. The van der Waals surface area contributed by atoms with Gasteiger partial charge in [-0.2, -0.15) is 0 Å². The molecule has 5 nitrogen and oxygen atoms in total. The van der Waals surface area contributed by atoms with Crippen molar-refractivity contribution >= 4 is 11.7 Å². The smallest absolute Gasteiger partial charge is 0.254 e. The predicted octanol–water partition coefficient (Wildman–Crippen LogP) is 0.994. The summed E-state index contributed by atoms with van der Waals surface area (Å²) in [4.78, 5) is 18.1. The summed E-state index contributed by atoms with van der Waals surface area (Å²) in [7, 11) is 0. The second-order valence-electron chi connectivity index (χ2n) is 5.05. The van der Waals surface area contributed by atoms with Gasteiger partial charge in [0.1, 0.15) is 5.82 Å². The molecular weight excluding hydrogens is 230 g/mol. The van der Waals surface area contributed by atoms with E-state index in [2.05, 4.69) is 4.98 Å². The number of aliphatic hydroxyl groups is 1. The summed E-state index contributed by atoms with van der Waals surface area (Å²) in [6.07, 6.45) is 0.237. The zero-order chi connectivity index (χ0) is 13.3. The summed E-state index contributed by atoms with van der Waals surface area (Å²) in [5.41, 5.74) is 7.10. The molecule has 0 spiro atoms. The molecule has 3 N–H and O–H groups in total. The zero-order valence-electron chi connectivity index (χ0n) is 10.8. The van der Waals surface area contributed by atoms with Crippen molar-refractivity contribution in [3.63, 3.8) is 0 Å². The number of pyridine rings is 1. The summed E-state index contributed by atoms with van der Waals surface area (Å²) in [5, 5.41) is 9.46. The second-order valence-corrected chi connectivity index (χ2v) is 5.05. The monoisotopic (exact) mass is 249 g/mol. The SMILES string of the molecule is CC(C)c1cc(C(=O)N2CCC(O)C2)cc(N)n1. The lowest BCUT2D eigenvalue weighted by Gasteiger charge is -2.16. The molecule has 0 bridgehead atoms. The standard InChI is InChI=1S/C13H19N3O2/c1-8(2)11-5-9(6-12(14)15-11)13(18)16-4-3-10(17)7-16/h5-6,8,10,17H,3-4,7H2,1-2H3,(H2,14,15).